The SMILES string of the molecule is CCS(=O)(=O)CCCC(O)c1nn(C)c2ccccc12. The monoisotopic (exact) mass is 296 g/mol. The normalized spacial score (nSPS) is 13.8. The van der Waals surface area contributed by atoms with Crippen LogP contribution in [-0.4, -0.2) is 34.8 Å². The number of para-hydroxylation sites is 1. The third-order valence-electron chi connectivity index (χ3n) is 3.47. The summed E-state index contributed by atoms with van der Waals surface area (Å²) in [5, 5.41) is 15.5. The number of aryl methyl sites for hydroxylation is 1. The number of hydrogen-bond donors (Lipinski definition) is 1. The van der Waals surface area contributed by atoms with E-state index in [0.29, 0.717) is 18.5 Å². The van der Waals surface area contributed by atoms with Gasteiger partial charge in [0, 0.05) is 18.2 Å². The molecule has 1 aromatic carbocycles. The maximum absolute atomic E-state index is 11.4. The molecule has 1 heterocycles. The van der Waals surface area contributed by atoms with Gasteiger partial charge in [0.1, 0.15) is 9.84 Å². The van der Waals surface area contributed by atoms with E-state index in [1.807, 2.05) is 31.3 Å². The minimum atomic E-state index is -2.97. The van der Waals surface area contributed by atoms with Gasteiger partial charge in [-0.2, -0.15) is 5.10 Å². The number of fused-ring (bicyclic) bond motifs is 1. The summed E-state index contributed by atoms with van der Waals surface area (Å²) in [5.41, 5.74) is 1.58. The van der Waals surface area contributed by atoms with Gasteiger partial charge in [-0.3, -0.25) is 4.68 Å². The highest BCUT2D eigenvalue weighted by Gasteiger charge is 2.17. The van der Waals surface area contributed by atoms with E-state index in [1.54, 1.807) is 11.6 Å². The Morgan fingerprint density at radius 1 is 1.35 bits per heavy atom. The molecule has 0 fully saturated rings. The lowest BCUT2D eigenvalue weighted by Crippen LogP contribution is -2.10. The topological polar surface area (TPSA) is 72.2 Å². The Labute approximate surface area is 119 Å². The first-order chi connectivity index (χ1) is 9.44. The Morgan fingerprint density at radius 2 is 2.05 bits per heavy atom. The second-order valence-corrected chi connectivity index (χ2v) is 7.39. The summed E-state index contributed by atoms with van der Waals surface area (Å²) in [6.07, 6.45) is 0.121. The first-order valence-corrected chi connectivity index (χ1v) is 8.57. The average Bonchev–Trinajstić information content (AvgIpc) is 2.77. The van der Waals surface area contributed by atoms with Crippen LogP contribution in [0.3, 0.4) is 0 Å². The quantitative estimate of drug-likeness (QED) is 0.882. The number of aromatic nitrogens is 2. The maximum atomic E-state index is 11.4. The van der Waals surface area contributed by atoms with Crippen molar-refractivity contribution < 1.29 is 13.5 Å². The first-order valence-electron chi connectivity index (χ1n) is 6.74. The summed E-state index contributed by atoms with van der Waals surface area (Å²) in [4.78, 5) is 0. The summed E-state index contributed by atoms with van der Waals surface area (Å²) in [6.45, 7) is 1.64. The largest absolute Gasteiger partial charge is 0.387 e. The van der Waals surface area contributed by atoms with Crippen molar-refractivity contribution in [2.45, 2.75) is 25.9 Å². The number of aliphatic hydroxyl groups excluding tert-OH is 1. The lowest BCUT2D eigenvalue weighted by molar-refractivity contribution is 0.162. The third kappa shape index (κ3) is 3.19. The van der Waals surface area contributed by atoms with Crippen molar-refractivity contribution in [3.8, 4) is 0 Å². The molecule has 0 saturated heterocycles. The minimum absolute atomic E-state index is 0.116. The van der Waals surface area contributed by atoms with Crippen LogP contribution in [0.2, 0.25) is 0 Å². The number of benzene rings is 1. The molecular weight excluding hydrogens is 276 g/mol. The van der Waals surface area contributed by atoms with Crippen LogP contribution in [0.5, 0.6) is 0 Å². The number of rotatable bonds is 6. The van der Waals surface area contributed by atoms with Crippen molar-refractivity contribution in [2.24, 2.45) is 7.05 Å². The van der Waals surface area contributed by atoms with E-state index in [0.717, 1.165) is 10.9 Å². The zero-order chi connectivity index (χ0) is 14.8. The first kappa shape index (κ1) is 15.0. The van der Waals surface area contributed by atoms with E-state index in [-0.39, 0.29) is 11.5 Å². The average molecular weight is 296 g/mol. The Kier molecular flexibility index (Phi) is 4.45. The predicted molar refractivity (Wildman–Crippen MR) is 79.2 cm³/mol. The molecule has 0 aliphatic rings. The molecule has 6 heteroatoms. The van der Waals surface area contributed by atoms with Crippen molar-refractivity contribution in [1.82, 2.24) is 9.78 Å². The molecule has 0 saturated carbocycles. The number of aliphatic hydroxyl groups is 1. The lowest BCUT2D eigenvalue weighted by atomic mass is 10.1. The third-order valence-corrected chi connectivity index (χ3v) is 5.27. The predicted octanol–water partition coefficient (Wildman–Crippen LogP) is 1.82. The molecule has 1 atom stereocenters. The number of hydrogen-bond acceptors (Lipinski definition) is 4. The van der Waals surface area contributed by atoms with Crippen LogP contribution < -0.4 is 0 Å². The minimum Gasteiger partial charge on any atom is -0.387 e. The van der Waals surface area contributed by atoms with E-state index in [2.05, 4.69) is 5.10 Å². The van der Waals surface area contributed by atoms with Crippen LogP contribution in [0, 0.1) is 0 Å². The molecule has 1 N–H and O–H groups in total. The van der Waals surface area contributed by atoms with Crippen LogP contribution >= 0.6 is 0 Å². The molecular formula is C14H20N2O3S. The fraction of sp³-hybridized carbons (Fsp3) is 0.500. The van der Waals surface area contributed by atoms with Gasteiger partial charge in [-0.25, -0.2) is 8.42 Å². The van der Waals surface area contributed by atoms with E-state index in [1.165, 1.54) is 0 Å². The van der Waals surface area contributed by atoms with Gasteiger partial charge in [-0.1, -0.05) is 25.1 Å². The molecule has 2 rings (SSSR count). The molecule has 110 valence electrons. The molecule has 1 unspecified atom stereocenters. The summed E-state index contributed by atoms with van der Waals surface area (Å²) in [7, 11) is -1.14. The van der Waals surface area contributed by atoms with Crippen molar-refractivity contribution in [3.05, 3.63) is 30.0 Å². The van der Waals surface area contributed by atoms with Gasteiger partial charge in [-0.15, -0.1) is 0 Å². The summed E-state index contributed by atoms with van der Waals surface area (Å²) < 4.78 is 24.6. The zero-order valence-corrected chi connectivity index (χ0v) is 12.6. The summed E-state index contributed by atoms with van der Waals surface area (Å²) in [6, 6.07) is 7.69. The molecule has 2 aromatic rings. The smallest absolute Gasteiger partial charge is 0.150 e. The van der Waals surface area contributed by atoms with E-state index >= 15 is 0 Å². The highest BCUT2D eigenvalue weighted by Crippen LogP contribution is 2.26. The van der Waals surface area contributed by atoms with Crippen LogP contribution in [0.15, 0.2) is 24.3 Å². The standard InChI is InChI=1S/C14H20N2O3S/c1-3-20(18,19)10-6-9-13(17)14-11-7-4-5-8-12(11)16(2)15-14/h4-5,7-8,13,17H,3,6,9-10H2,1-2H3. The van der Waals surface area contributed by atoms with Gasteiger partial charge in [-0.05, 0) is 18.9 Å². The maximum Gasteiger partial charge on any atom is 0.150 e. The fourth-order valence-electron chi connectivity index (χ4n) is 2.27. The molecule has 0 aliphatic heterocycles. The van der Waals surface area contributed by atoms with Gasteiger partial charge < -0.3 is 5.11 Å². The van der Waals surface area contributed by atoms with Gasteiger partial charge >= 0.3 is 0 Å². The second kappa shape index (κ2) is 5.93. The van der Waals surface area contributed by atoms with Crippen LogP contribution in [-0.2, 0) is 16.9 Å². The van der Waals surface area contributed by atoms with Crippen molar-refractivity contribution in [1.29, 1.82) is 0 Å². The van der Waals surface area contributed by atoms with Gasteiger partial charge in [0.15, 0.2) is 0 Å². The Balaban J connectivity index is 2.10. The summed E-state index contributed by atoms with van der Waals surface area (Å²) in [5.74, 6) is 0.265. The van der Waals surface area contributed by atoms with Crippen LogP contribution in [0.1, 0.15) is 31.6 Å². The molecule has 0 radical (unpaired) electrons. The van der Waals surface area contributed by atoms with E-state index in [4.69, 9.17) is 0 Å². The molecule has 5 nitrogen and oxygen atoms in total. The number of sulfone groups is 1. The molecule has 0 bridgehead atoms. The van der Waals surface area contributed by atoms with Crippen molar-refractivity contribution in [3.63, 3.8) is 0 Å². The Morgan fingerprint density at radius 3 is 2.75 bits per heavy atom. The fourth-order valence-corrected chi connectivity index (χ4v) is 3.16. The Bertz CT molecular complexity index is 692. The summed E-state index contributed by atoms with van der Waals surface area (Å²) >= 11 is 0. The second-order valence-electron chi connectivity index (χ2n) is 4.92. The molecule has 0 spiro atoms. The molecule has 20 heavy (non-hydrogen) atoms. The molecule has 1 aromatic heterocycles. The molecule has 0 aliphatic carbocycles. The highest BCUT2D eigenvalue weighted by atomic mass is 32.2. The van der Waals surface area contributed by atoms with Crippen LogP contribution in [0.25, 0.3) is 10.9 Å². The zero-order valence-electron chi connectivity index (χ0n) is 11.8. The number of nitrogens with zero attached hydrogens (tertiary/aromatic N) is 2. The highest BCUT2D eigenvalue weighted by molar-refractivity contribution is 7.91. The lowest BCUT2D eigenvalue weighted by Gasteiger charge is -2.08. The van der Waals surface area contributed by atoms with Gasteiger partial charge in [0.25, 0.3) is 0 Å². The van der Waals surface area contributed by atoms with E-state index < -0.39 is 15.9 Å². The van der Waals surface area contributed by atoms with E-state index in [9.17, 15) is 13.5 Å². The Hall–Kier alpha value is -1.40. The van der Waals surface area contributed by atoms with Crippen molar-refractivity contribution >= 4 is 20.7 Å². The van der Waals surface area contributed by atoms with Crippen molar-refractivity contribution in [2.75, 3.05) is 11.5 Å². The molecule has 0 amide bonds. The van der Waals surface area contributed by atoms with Gasteiger partial charge in [0.2, 0.25) is 0 Å². The van der Waals surface area contributed by atoms with Gasteiger partial charge in [0.05, 0.1) is 23.1 Å². The van der Waals surface area contributed by atoms with Crippen LogP contribution in [0.4, 0.5) is 0 Å².